The molecule has 3 aromatic rings. The fourth-order valence-corrected chi connectivity index (χ4v) is 3.02. The topological polar surface area (TPSA) is 95.2 Å². The fourth-order valence-electron chi connectivity index (χ4n) is 3.02. The number of nitro groups is 1. The number of nitrogens with zero attached hydrogens (tertiary/aromatic N) is 3. The molecule has 1 unspecified atom stereocenters. The summed E-state index contributed by atoms with van der Waals surface area (Å²) >= 11 is 0. The molecule has 0 aliphatic rings. The van der Waals surface area contributed by atoms with Gasteiger partial charge in [0.1, 0.15) is 5.76 Å². The molecule has 1 aromatic carbocycles. The Morgan fingerprint density at radius 3 is 2.33 bits per heavy atom. The number of hydrogen-bond acceptors (Lipinski definition) is 6. The van der Waals surface area contributed by atoms with Gasteiger partial charge in [-0.3, -0.25) is 10.1 Å². The van der Waals surface area contributed by atoms with E-state index in [0.717, 1.165) is 16.8 Å². The molecule has 0 amide bonds. The van der Waals surface area contributed by atoms with Gasteiger partial charge in [-0.1, -0.05) is 40.6 Å². The Balaban J connectivity index is 2.09. The summed E-state index contributed by atoms with van der Waals surface area (Å²) < 4.78 is 10.5. The average molecular weight is 327 g/mol. The zero-order valence-electron chi connectivity index (χ0n) is 13.6. The highest BCUT2D eigenvalue weighted by molar-refractivity contribution is 5.42. The van der Waals surface area contributed by atoms with Crippen molar-refractivity contribution in [1.82, 2.24) is 10.3 Å². The van der Waals surface area contributed by atoms with Gasteiger partial charge in [0.2, 0.25) is 5.76 Å². The summed E-state index contributed by atoms with van der Waals surface area (Å²) in [6.45, 7) is 5.27. The van der Waals surface area contributed by atoms with Crippen molar-refractivity contribution in [3.63, 3.8) is 0 Å². The van der Waals surface area contributed by atoms with Crippen molar-refractivity contribution in [2.24, 2.45) is 0 Å². The SMILES string of the molecule is Cc1noc(C)c1C(Cc1onc(C)c1[N+](=O)[O-])c1ccccc1. The molecule has 0 aliphatic carbocycles. The van der Waals surface area contributed by atoms with Crippen LogP contribution in [0, 0.1) is 30.9 Å². The van der Waals surface area contributed by atoms with Crippen LogP contribution in [-0.2, 0) is 6.42 Å². The molecule has 7 nitrogen and oxygen atoms in total. The van der Waals surface area contributed by atoms with Gasteiger partial charge in [-0.15, -0.1) is 0 Å². The third kappa shape index (κ3) is 2.80. The van der Waals surface area contributed by atoms with E-state index in [2.05, 4.69) is 10.3 Å². The molecule has 0 radical (unpaired) electrons. The summed E-state index contributed by atoms with van der Waals surface area (Å²) in [4.78, 5) is 10.9. The molecule has 7 heteroatoms. The molecule has 1 atom stereocenters. The smallest absolute Gasteiger partial charge is 0.334 e. The Morgan fingerprint density at radius 2 is 1.75 bits per heavy atom. The van der Waals surface area contributed by atoms with Crippen LogP contribution in [0.5, 0.6) is 0 Å². The predicted octanol–water partition coefficient (Wildman–Crippen LogP) is 3.87. The Labute approximate surface area is 138 Å². The largest absolute Gasteiger partial charge is 0.361 e. The van der Waals surface area contributed by atoms with Crippen LogP contribution in [0.15, 0.2) is 39.4 Å². The van der Waals surface area contributed by atoms with Crippen molar-refractivity contribution >= 4 is 5.69 Å². The Morgan fingerprint density at radius 1 is 1.08 bits per heavy atom. The first-order valence-corrected chi connectivity index (χ1v) is 7.56. The van der Waals surface area contributed by atoms with E-state index < -0.39 is 4.92 Å². The Bertz CT molecular complexity index is 848. The zero-order valence-corrected chi connectivity index (χ0v) is 13.6. The first kappa shape index (κ1) is 15.9. The molecule has 0 aliphatic heterocycles. The molecule has 0 bridgehead atoms. The molecule has 24 heavy (non-hydrogen) atoms. The van der Waals surface area contributed by atoms with Gasteiger partial charge < -0.3 is 9.05 Å². The van der Waals surface area contributed by atoms with Gasteiger partial charge in [0.15, 0.2) is 5.69 Å². The number of rotatable bonds is 5. The highest BCUT2D eigenvalue weighted by Gasteiger charge is 2.30. The predicted molar refractivity (Wildman–Crippen MR) is 85.9 cm³/mol. The van der Waals surface area contributed by atoms with Gasteiger partial charge in [0.25, 0.3) is 0 Å². The molecular formula is C17H17N3O4. The molecule has 2 aromatic heterocycles. The van der Waals surface area contributed by atoms with E-state index in [1.54, 1.807) is 6.92 Å². The minimum absolute atomic E-state index is 0.0670. The number of benzene rings is 1. The van der Waals surface area contributed by atoms with Crippen molar-refractivity contribution in [3.8, 4) is 0 Å². The van der Waals surface area contributed by atoms with Gasteiger partial charge in [-0.05, 0) is 26.3 Å². The zero-order chi connectivity index (χ0) is 17.3. The standard InChI is InChI=1S/C17H17N3O4/c1-10-16(12(3)23-18-10)14(13-7-5-4-6-8-13)9-15-17(20(21)22)11(2)19-24-15/h4-8,14H,9H2,1-3H3. The van der Waals surface area contributed by atoms with E-state index in [9.17, 15) is 10.1 Å². The monoisotopic (exact) mass is 327 g/mol. The minimum Gasteiger partial charge on any atom is -0.361 e. The Hall–Kier alpha value is -2.96. The van der Waals surface area contributed by atoms with Gasteiger partial charge >= 0.3 is 5.69 Å². The third-order valence-electron chi connectivity index (χ3n) is 4.11. The molecular weight excluding hydrogens is 310 g/mol. The summed E-state index contributed by atoms with van der Waals surface area (Å²) in [7, 11) is 0. The van der Waals surface area contributed by atoms with E-state index in [1.807, 2.05) is 44.2 Å². The van der Waals surface area contributed by atoms with Gasteiger partial charge in [0.05, 0.1) is 10.6 Å². The van der Waals surface area contributed by atoms with E-state index in [1.165, 1.54) is 0 Å². The van der Waals surface area contributed by atoms with Crippen molar-refractivity contribution in [2.75, 3.05) is 0 Å². The molecule has 0 spiro atoms. The normalized spacial score (nSPS) is 12.3. The highest BCUT2D eigenvalue weighted by Crippen LogP contribution is 2.35. The summed E-state index contributed by atoms with van der Waals surface area (Å²) in [5.74, 6) is 0.787. The van der Waals surface area contributed by atoms with Crippen LogP contribution < -0.4 is 0 Å². The molecule has 2 heterocycles. The molecule has 0 fully saturated rings. The van der Waals surface area contributed by atoms with Crippen LogP contribution in [0.1, 0.15) is 40.0 Å². The number of aryl methyl sites for hydroxylation is 3. The van der Waals surface area contributed by atoms with Crippen molar-refractivity contribution in [2.45, 2.75) is 33.1 Å². The minimum atomic E-state index is -0.448. The maximum Gasteiger partial charge on any atom is 0.334 e. The maximum atomic E-state index is 11.3. The molecule has 0 saturated heterocycles. The van der Waals surface area contributed by atoms with Gasteiger partial charge in [-0.25, -0.2) is 0 Å². The van der Waals surface area contributed by atoms with Gasteiger partial charge in [-0.2, -0.15) is 0 Å². The quantitative estimate of drug-likeness (QED) is 0.521. The van der Waals surface area contributed by atoms with Crippen LogP contribution in [0.25, 0.3) is 0 Å². The second kappa shape index (κ2) is 6.27. The van der Waals surface area contributed by atoms with Gasteiger partial charge in [0, 0.05) is 17.9 Å². The van der Waals surface area contributed by atoms with E-state index in [4.69, 9.17) is 9.05 Å². The first-order valence-electron chi connectivity index (χ1n) is 7.56. The van der Waals surface area contributed by atoms with E-state index in [0.29, 0.717) is 12.2 Å². The van der Waals surface area contributed by atoms with Crippen LogP contribution in [0.4, 0.5) is 5.69 Å². The lowest BCUT2D eigenvalue weighted by Crippen LogP contribution is -2.08. The molecule has 0 saturated carbocycles. The number of aromatic nitrogens is 2. The lowest BCUT2D eigenvalue weighted by atomic mass is 9.86. The summed E-state index contributed by atoms with van der Waals surface area (Å²) in [6, 6.07) is 9.74. The third-order valence-corrected chi connectivity index (χ3v) is 4.11. The van der Waals surface area contributed by atoms with Crippen LogP contribution in [0.2, 0.25) is 0 Å². The van der Waals surface area contributed by atoms with Crippen LogP contribution >= 0.6 is 0 Å². The second-order valence-corrected chi connectivity index (χ2v) is 5.70. The molecule has 3 rings (SSSR count). The summed E-state index contributed by atoms with van der Waals surface area (Å²) in [5, 5.41) is 19.1. The van der Waals surface area contributed by atoms with Crippen molar-refractivity contribution in [1.29, 1.82) is 0 Å². The fraction of sp³-hybridized carbons (Fsp3) is 0.294. The molecule has 0 N–H and O–H groups in total. The average Bonchev–Trinajstić information content (AvgIpc) is 3.09. The lowest BCUT2D eigenvalue weighted by molar-refractivity contribution is -0.386. The highest BCUT2D eigenvalue weighted by atomic mass is 16.6. The maximum absolute atomic E-state index is 11.3. The lowest BCUT2D eigenvalue weighted by Gasteiger charge is -2.15. The summed E-state index contributed by atoms with van der Waals surface area (Å²) in [6.07, 6.45) is 0.310. The Kier molecular flexibility index (Phi) is 4.16. The summed E-state index contributed by atoms with van der Waals surface area (Å²) in [5.41, 5.74) is 2.91. The first-order chi connectivity index (χ1) is 11.5. The van der Waals surface area contributed by atoms with Crippen LogP contribution in [0.3, 0.4) is 0 Å². The molecule has 124 valence electrons. The van der Waals surface area contributed by atoms with E-state index in [-0.39, 0.29) is 23.1 Å². The van der Waals surface area contributed by atoms with E-state index >= 15 is 0 Å². The van der Waals surface area contributed by atoms with Crippen molar-refractivity contribution < 1.29 is 14.0 Å². The van der Waals surface area contributed by atoms with Crippen LogP contribution in [-0.4, -0.2) is 15.2 Å². The van der Waals surface area contributed by atoms with Crippen molar-refractivity contribution in [3.05, 3.63) is 74.5 Å². The number of hydrogen-bond donors (Lipinski definition) is 0. The second-order valence-electron chi connectivity index (χ2n) is 5.70.